The summed E-state index contributed by atoms with van der Waals surface area (Å²) in [5, 5.41) is 27.2. The molecule has 0 heterocycles. The molecule has 0 saturated carbocycles. The number of hydrogen-bond acceptors (Lipinski definition) is 4. The normalized spacial score (nSPS) is 16.9. The van der Waals surface area contributed by atoms with Crippen molar-refractivity contribution in [3.8, 4) is 0 Å². The van der Waals surface area contributed by atoms with Crippen LogP contribution in [0.25, 0.3) is 0 Å². The van der Waals surface area contributed by atoms with Crippen molar-refractivity contribution < 1.29 is 52.8 Å². The van der Waals surface area contributed by atoms with Gasteiger partial charge in [-0.05, 0) is 13.3 Å². The van der Waals surface area contributed by atoms with Gasteiger partial charge in [-0.25, -0.2) is 0 Å². The standard InChI is InChI=1S/C8H15O4.Y/c1-6(10)5-8(12)7(11)3-2-4-9;/h6-8,10-12H,2-3,5H2,1H3;/q-1;. The summed E-state index contributed by atoms with van der Waals surface area (Å²) in [4.78, 5) is 9.79. The Bertz CT molecular complexity index is 129. The fourth-order valence-electron chi connectivity index (χ4n) is 0.906. The van der Waals surface area contributed by atoms with Crippen LogP contribution in [-0.2, 0) is 37.5 Å². The Balaban J connectivity index is 0. The SMILES string of the molecule is CC(O)CC(O)C(O)CC[C-]=O.[Y]. The molecule has 75 valence electrons. The van der Waals surface area contributed by atoms with E-state index >= 15 is 0 Å². The van der Waals surface area contributed by atoms with Gasteiger partial charge in [0, 0.05) is 39.1 Å². The van der Waals surface area contributed by atoms with Crippen LogP contribution in [0, 0.1) is 0 Å². The Kier molecular flexibility index (Phi) is 11.4. The molecule has 0 fully saturated rings. The Labute approximate surface area is 103 Å². The van der Waals surface area contributed by atoms with Gasteiger partial charge in [-0.2, -0.15) is 0 Å². The summed E-state index contributed by atoms with van der Waals surface area (Å²) in [5.41, 5.74) is 0. The third kappa shape index (κ3) is 8.97. The predicted molar refractivity (Wildman–Crippen MR) is 43.2 cm³/mol. The number of hydrogen-bond donors (Lipinski definition) is 3. The molecule has 0 aliphatic rings. The first kappa shape index (κ1) is 16.1. The number of carbonyl (C=O) groups excluding carboxylic acids is 1. The van der Waals surface area contributed by atoms with Crippen molar-refractivity contribution in [2.24, 2.45) is 0 Å². The van der Waals surface area contributed by atoms with E-state index in [4.69, 9.17) is 10.2 Å². The molecule has 0 saturated heterocycles. The van der Waals surface area contributed by atoms with E-state index < -0.39 is 18.3 Å². The Morgan fingerprint density at radius 3 is 2.15 bits per heavy atom. The molecule has 0 amide bonds. The molecule has 0 spiro atoms. The monoisotopic (exact) mass is 264 g/mol. The minimum atomic E-state index is -0.960. The second-order valence-corrected chi connectivity index (χ2v) is 2.90. The molecule has 3 N–H and O–H groups in total. The first-order valence-corrected chi connectivity index (χ1v) is 3.97. The Morgan fingerprint density at radius 2 is 1.77 bits per heavy atom. The van der Waals surface area contributed by atoms with E-state index in [-0.39, 0.29) is 52.0 Å². The minimum absolute atomic E-state index is 0. The smallest absolute Gasteiger partial charge is 0.0822 e. The van der Waals surface area contributed by atoms with E-state index in [1.807, 2.05) is 0 Å². The summed E-state index contributed by atoms with van der Waals surface area (Å²) in [7, 11) is 0. The van der Waals surface area contributed by atoms with Crippen LogP contribution in [0.3, 0.4) is 0 Å². The van der Waals surface area contributed by atoms with Gasteiger partial charge in [0.15, 0.2) is 0 Å². The molecular weight excluding hydrogens is 249 g/mol. The van der Waals surface area contributed by atoms with E-state index in [0.717, 1.165) is 0 Å². The number of aliphatic hydroxyl groups is 3. The van der Waals surface area contributed by atoms with Gasteiger partial charge in [0.1, 0.15) is 0 Å². The molecule has 0 aromatic carbocycles. The minimum Gasteiger partial charge on any atom is -0.542 e. The molecule has 0 aromatic rings. The van der Waals surface area contributed by atoms with E-state index in [9.17, 15) is 9.90 Å². The number of aliphatic hydroxyl groups excluding tert-OH is 3. The predicted octanol–water partition coefficient (Wildman–Crippen LogP) is -0.633. The molecule has 0 bridgehead atoms. The maximum absolute atomic E-state index is 9.79. The molecule has 3 unspecified atom stereocenters. The summed E-state index contributed by atoms with van der Waals surface area (Å²) in [6, 6.07) is 0. The second kappa shape index (κ2) is 9.22. The van der Waals surface area contributed by atoms with Gasteiger partial charge in [0.2, 0.25) is 0 Å². The topological polar surface area (TPSA) is 77.8 Å². The van der Waals surface area contributed by atoms with Gasteiger partial charge < -0.3 is 20.1 Å². The van der Waals surface area contributed by atoms with Crippen LogP contribution in [-0.4, -0.2) is 39.9 Å². The van der Waals surface area contributed by atoms with Crippen molar-refractivity contribution in [3.05, 3.63) is 0 Å². The summed E-state index contributed by atoms with van der Waals surface area (Å²) >= 11 is 0. The zero-order chi connectivity index (χ0) is 9.56. The van der Waals surface area contributed by atoms with Crippen molar-refractivity contribution in [1.82, 2.24) is 0 Å². The van der Waals surface area contributed by atoms with Gasteiger partial charge in [-0.15, -0.1) is 6.42 Å². The quantitative estimate of drug-likeness (QED) is 0.558. The van der Waals surface area contributed by atoms with Crippen LogP contribution in [0.1, 0.15) is 26.2 Å². The molecule has 0 rings (SSSR count). The van der Waals surface area contributed by atoms with Crippen molar-refractivity contribution >= 4 is 6.29 Å². The van der Waals surface area contributed by atoms with Crippen LogP contribution < -0.4 is 0 Å². The average molecular weight is 264 g/mol. The van der Waals surface area contributed by atoms with E-state index in [2.05, 4.69) is 0 Å². The van der Waals surface area contributed by atoms with Crippen LogP contribution in [0.2, 0.25) is 0 Å². The maximum atomic E-state index is 9.79. The fourth-order valence-corrected chi connectivity index (χ4v) is 0.906. The molecule has 0 aliphatic heterocycles. The summed E-state index contributed by atoms with van der Waals surface area (Å²) in [5.74, 6) is 0. The van der Waals surface area contributed by atoms with Crippen molar-refractivity contribution in [2.75, 3.05) is 0 Å². The zero-order valence-electron chi connectivity index (χ0n) is 7.68. The van der Waals surface area contributed by atoms with Crippen molar-refractivity contribution in [2.45, 2.75) is 44.5 Å². The number of rotatable bonds is 6. The van der Waals surface area contributed by atoms with Crippen molar-refractivity contribution in [3.63, 3.8) is 0 Å². The summed E-state index contributed by atoms with van der Waals surface area (Å²) in [6.07, 6.45) is -0.498. The molecule has 4 nitrogen and oxygen atoms in total. The first-order valence-electron chi connectivity index (χ1n) is 3.97. The average Bonchev–Trinajstić information content (AvgIpc) is 1.98. The van der Waals surface area contributed by atoms with Gasteiger partial charge in [0.05, 0.1) is 18.3 Å². The molecule has 0 aliphatic carbocycles. The van der Waals surface area contributed by atoms with Crippen LogP contribution in [0.5, 0.6) is 0 Å². The zero-order valence-corrected chi connectivity index (χ0v) is 10.5. The molecule has 1 radical (unpaired) electrons. The molecule has 0 aromatic heterocycles. The van der Waals surface area contributed by atoms with E-state index in [0.29, 0.717) is 0 Å². The van der Waals surface area contributed by atoms with Crippen LogP contribution >= 0.6 is 0 Å². The van der Waals surface area contributed by atoms with Crippen molar-refractivity contribution in [1.29, 1.82) is 0 Å². The molecule has 5 heteroatoms. The largest absolute Gasteiger partial charge is 0.542 e. The third-order valence-corrected chi connectivity index (χ3v) is 1.57. The van der Waals surface area contributed by atoms with Gasteiger partial charge in [-0.3, -0.25) is 6.29 Å². The summed E-state index contributed by atoms with van der Waals surface area (Å²) in [6.45, 7) is 1.53. The van der Waals surface area contributed by atoms with E-state index in [1.54, 1.807) is 6.29 Å². The second-order valence-electron chi connectivity index (χ2n) is 2.90. The molecule has 13 heavy (non-hydrogen) atoms. The summed E-state index contributed by atoms with van der Waals surface area (Å²) < 4.78 is 0. The fraction of sp³-hybridized carbons (Fsp3) is 0.875. The molecule has 3 atom stereocenters. The van der Waals surface area contributed by atoms with Crippen LogP contribution in [0.15, 0.2) is 0 Å². The Morgan fingerprint density at radius 1 is 1.23 bits per heavy atom. The van der Waals surface area contributed by atoms with Crippen LogP contribution in [0.4, 0.5) is 0 Å². The molecular formula is C8H15O4Y-. The first-order chi connectivity index (χ1) is 5.57. The van der Waals surface area contributed by atoms with E-state index in [1.165, 1.54) is 6.92 Å². The maximum Gasteiger partial charge on any atom is 0.0822 e. The Hall–Kier alpha value is 0.654. The third-order valence-electron chi connectivity index (χ3n) is 1.57. The van der Waals surface area contributed by atoms with Gasteiger partial charge in [0.25, 0.3) is 0 Å². The van der Waals surface area contributed by atoms with Gasteiger partial charge in [-0.1, -0.05) is 0 Å². The van der Waals surface area contributed by atoms with Gasteiger partial charge >= 0.3 is 0 Å².